The lowest BCUT2D eigenvalue weighted by atomic mass is 9.97. The van der Waals surface area contributed by atoms with Crippen LogP contribution in [0.3, 0.4) is 0 Å². The van der Waals surface area contributed by atoms with Crippen LogP contribution in [0.4, 0.5) is 4.39 Å². The number of fused-ring (bicyclic) bond motifs is 1. The van der Waals surface area contributed by atoms with Gasteiger partial charge in [0.25, 0.3) is 5.91 Å². The minimum absolute atomic E-state index is 0.0963. The van der Waals surface area contributed by atoms with E-state index in [1.807, 2.05) is 23.1 Å². The number of hydrogen-bond acceptors (Lipinski definition) is 4. The summed E-state index contributed by atoms with van der Waals surface area (Å²) in [5, 5.41) is 1.15. The molecule has 3 aromatic rings. The van der Waals surface area contributed by atoms with Crippen LogP contribution >= 0.6 is 11.3 Å². The Morgan fingerprint density at radius 1 is 1.19 bits per heavy atom. The van der Waals surface area contributed by atoms with Gasteiger partial charge in [0.2, 0.25) is 0 Å². The number of carbonyl (C=O) groups is 1. The molecule has 2 heterocycles. The van der Waals surface area contributed by atoms with E-state index in [-0.39, 0.29) is 11.7 Å². The van der Waals surface area contributed by atoms with Crippen molar-refractivity contribution in [2.45, 2.75) is 31.8 Å². The maximum absolute atomic E-state index is 13.7. The fourth-order valence-electron chi connectivity index (χ4n) is 3.45. The molecule has 1 fully saturated rings. The quantitative estimate of drug-likeness (QED) is 0.660. The second kappa shape index (κ2) is 7.64. The summed E-state index contributed by atoms with van der Waals surface area (Å²) in [7, 11) is 0. The van der Waals surface area contributed by atoms with Crippen molar-refractivity contribution in [1.82, 2.24) is 9.88 Å². The van der Waals surface area contributed by atoms with Gasteiger partial charge in [0.05, 0.1) is 15.2 Å². The summed E-state index contributed by atoms with van der Waals surface area (Å²) < 4.78 is 20.5. The Kier molecular flexibility index (Phi) is 5.07. The summed E-state index contributed by atoms with van der Waals surface area (Å²) in [5.41, 5.74) is 1.04. The van der Waals surface area contributed by atoms with Crippen molar-refractivity contribution in [3.8, 4) is 5.75 Å². The van der Waals surface area contributed by atoms with Gasteiger partial charge in [-0.1, -0.05) is 24.3 Å². The first-order valence-electron chi connectivity index (χ1n) is 9.17. The number of halogens is 1. The van der Waals surface area contributed by atoms with Crippen LogP contribution in [-0.2, 0) is 4.79 Å². The predicted octanol–water partition coefficient (Wildman–Crippen LogP) is 4.61. The minimum Gasteiger partial charge on any atom is -0.478 e. The van der Waals surface area contributed by atoms with E-state index in [9.17, 15) is 9.18 Å². The van der Waals surface area contributed by atoms with Crippen LogP contribution in [0.5, 0.6) is 5.75 Å². The van der Waals surface area contributed by atoms with E-state index in [4.69, 9.17) is 9.72 Å². The number of piperidine rings is 1. The number of benzene rings is 2. The van der Waals surface area contributed by atoms with Crippen molar-refractivity contribution in [3.05, 3.63) is 59.4 Å². The van der Waals surface area contributed by atoms with Gasteiger partial charge in [-0.15, -0.1) is 11.3 Å². The molecule has 27 heavy (non-hydrogen) atoms. The second-order valence-electron chi connectivity index (χ2n) is 6.81. The third-order valence-electron chi connectivity index (χ3n) is 4.95. The first kappa shape index (κ1) is 17.9. The number of nitrogens with zero attached hydrogens (tertiary/aromatic N) is 2. The van der Waals surface area contributed by atoms with E-state index >= 15 is 0 Å². The van der Waals surface area contributed by atoms with E-state index in [1.165, 1.54) is 10.8 Å². The molecule has 2 aromatic carbocycles. The first-order valence-corrected chi connectivity index (χ1v) is 9.99. The van der Waals surface area contributed by atoms with Gasteiger partial charge in [0.15, 0.2) is 17.7 Å². The zero-order valence-corrected chi connectivity index (χ0v) is 15.9. The van der Waals surface area contributed by atoms with Crippen LogP contribution in [0.1, 0.15) is 30.7 Å². The Morgan fingerprint density at radius 3 is 2.63 bits per heavy atom. The number of likely N-dealkylation sites (tertiary alicyclic amines) is 1. The fraction of sp³-hybridized carbons (Fsp3) is 0.333. The van der Waals surface area contributed by atoms with Crippen LogP contribution in [0.25, 0.3) is 10.2 Å². The monoisotopic (exact) mass is 384 g/mol. The third kappa shape index (κ3) is 3.81. The summed E-state index contributed by atoms with van der Waals surface area (Å²) in [6, 6.07) is 14.3. The van der Waals surface area contributed by atoms with Gasteiger partial charge in [0.1, 0.15) is 0 Å². The number of rotatable bonds is 4. The van der Waals surface area contributed by atoms with Gasteiger partial charge >= 0.3 is 0 Å². The second-order valence-corrected chi connectivity index (χ2v) is 7.87. The topological polar surface area (TPSA) is 42.4 Å². The number of aromatic nitrogens is 1. The van der Waals surface area contributed by atoms with Crippen molar-refractivity contribution in [3.63, 3.8) is 0 Å². The van der Waals surface area contributed by atoms with Crippen LogP contribution in [0.15, 0.2) is 48.5 Å². The van der Waals surface area contributed by atoms with E-state index in [1.54, 1.807) is 36.5 Å². The van der Waals surface area contributed by atoms with E-state index in [2.05, 4.69) is 6.07 Å². The van der Waals surface area contributed by atoms with Crippen molar-refractivity contribution in [1.29, 1.82) is 0 Å². The molecule has 0 saturated carbocycles. The molecule has 1 amide bonds. The standard InChI is InChI=1S/C21H21FN2O2S/c1-14(26-18-8-4-2-6-16(18)22)21(25)24-12-10-15(11-13-24)20-23-17-7-3-5-9-19(17)27-20/h2-9,14-15H,10-13H2,1H3. The highest BCUT2D eigenvalue weighted by molar-refractivity contribution is 7.18. The maximum atomic E-state index is 13.7. The highest BCUT2D eigenvalue weighted by atomic mass is 32.1. The number of ether oxygens (including phenoxy) is 1. The summed E-state index contributed by atoms with van der Waals surface area (Å²) in [6.45, 7) is 3.02. The lowest BCUT2D eigenvalue weighted by Crippen LogP contribution is -2.44. The molecule has 1 aromatic heterocycles. The average molecular weight is 384 g/mol. The zero-order chi connectivity index (χ0) is 18.8. The number of para-hydroxylation sites is 2. The molecule has 1 atom stereocenters. The molecule has 1 aliphatic rings. The smallest absolute Gasteiger partial charge is 0.263 e. The molecule has 4 rings (SSSR count). The van der Waals surface area contributed by atoms with E-state index in [0.29, 0.717) is 19.0 Å². The van der Waals surface area contributed by atoms with Crippen molar-refractivity contribution in [2.75, 3.05) is 13.1 Å². The average Bonchev–Trinajstić information content (AvgIpc) is 3.13. The molecular weight excluding hydrogens is 363 g/mol. The van der Waals surface area contributed by atoms with Gasteiger partial charge in [-0.2, -0.15) is 0 Å². The van der Waals surface area contributed by atoms with E-state index < -0.39 is 11.9 Å². The van der Waals surface area contributed by atoms with Crippen molar-refractivity contribution < 1.29 is 13.9 Å². The molecule has 1 saturated heterocycles. The van der Waals surface area contributed by atoms with Gasteiger partial charge in [-0.3, -0.25) is 4.79 Å². The normalized spacial score (nSPS) is 16.4. The number of amides is 1. The first-order chi connectivity index (χ1) is 13.1. The molecule has 0 radical (unpaired) electrons. The molecule has 140 valence electrons. The Hall–Kier alpha value is -2.47. The largest absolute Gasteiger partial charge is 0.478 e. The van der Waals surface area contributed by atoms with Crippen LogP contribution in [0.2, 0.25) is 0 Å². The third-order valence-corrected chi connectivity index (χ3v) is 6.15. The van der Waals surface area contributed by atoms with Crippen LogP contribution in [0, 0.1) is 5.82 Å². The zero-order valence-electron chi connectivity index (χ0n) is 15.1. The summed E-state index contributed by atoms with van der Waals surface area (Å²) >= 11 is 1.74. The highest BCUT2D eigenvalue weighted by Crippen LogP contribution is 2.34. The molecule has 4 nitrogen and oxygen atoms in total. The molecule has 0 N–H and O–H groups in total. The SMILES string of the molecule is CC(Oc1ccccc1F)C(=O)N1CCC(c2nc3ccccc3s2)CC1. The Bertz CT molecular complexity index is 917. The molecule has 0 spiro atoms. The minimum atomic E-state index is -0.707. The molecule has 1 unspecified atom stereocenters. The van der Waals surface area contributed by atoms with E-state index in [0.717, 1.165) is 23.4 Å². The Balaban J connectivity index is 1.36. The van der Waals surface area contributed by atoms with Crippen LogP contribution < -0.4 is 4.74 Å². The summed E-state index contributed by atoms with van der Waals surface area (Å²) in [4.78, 5) is 19.2. The fourth-order valence-corrected chi connectivity index (χ4v) is 4.59. The van der Waals surface area contributed by atoms with Crippen molar-refractivity contribution in [2.24, 2.45) is 0 Å². The molecule has 0 aliphatic carbocycles. The molecule has 0 bridgehead atoms. The van der Waals surface area contributed by atoms with Crippen molar-refractivity contribution >= 4 is 27.5 Å². The number of carbonyl (C=O) groups excluding carboxylic acids is 1. The van der Waals surface area contributed by atoms with Gasteiger partial charge in [-0.25, -0.2) is 9.37 Å². The van der Waals surface area contributed by atoms with Gasteiger partial charge < -0.3 is 9.64 Å². The highest BCUT2D eigenvalue weighted by Gasteiger charge is 2.29. The van der Waals surface area contributed by atoms with Gasteiger partial charge in [0, 0.05) is 19.0 Å². The molecule has 1 aliphatic heterocycles. The Labute approximate surface area is 161 Å². The number of thiazole rings is 1. The maximum Gasteiger partial charge on any atom is 0.263 e. The lowest BCUT2D eigenvalue weighted by molar-refractivity contribution is -0.139. The molecule has 6 heteroatoms. The van der Waals surface area contributed by atoms with Crippen LogP contribution in [-0.4, -0.2) is 35.0 Å². The predicted molar refractivity (Wildman–Crippen MR) is 105 cm³/mol. The summed E-state index contributed by atoms with van der Waals surface area (Å²) in [5.74, 6) is -0.0512. The van der Waals surface area contributed by atoms with Gasteiger partial charge in [-0.05, 0) is 44.0 Å². The Morgan fingerprint density at radius 2 is 1.89 bits per heavy atom. The molecular formula is C21H21FN2O2S. The summed E-state index contributed by atoms with van der Waals surface area (Å²) in [6.07, 6.45) is 1.07. The lowest BCUT2D eigenvalue weighted by Gasteiger charge is -2.32. The number of hydrogen-bond donors (Lipinski definition) is 0.